The molecule has 0 aliphatic carbocycles. The second-order valence-corrected chi connectivity index (χ2v) is 4.98. The Kier molecular flexibility index (Phi) is 8.79. The van der Waals surface area contributed by atoms with Crippen molar-refractivity contribution in [3.63, 3.8) is 0 Å². The average molecular weight is 272 g/mol. The Bertz CT molecular complexity index is 243. The third-order valence-electron chi connectivity index (χ3n) is 3.45. The summed E-state index contributed by atoms with van der Waals surface area (Å²) in [7, 11) is 1.69. The topological polar surface area (TPSA) is 42.0 Å². The molecule has 0 unspecified atom stereocenters. The van der Waals surface area contributed by atoms with Gasteiger partial charge in [0, 0.05) is 26.7 Å². The number of methoxy groups -OCH3 is 1. The molecule has 19 heavy (non-hydrogen) atoms. The largest absolute Gasteiger partial charge is 0.465 e. The Labute approximate surface area is 116 Å². The van der Waals surface area contributed by atoms with Crippen LogP contribution in [0, 0.1) is 0 Å². The Balaban J connectivity index is 2.28. The minimum Gasteiger partial charge on any atom is -0.465 e. The lowest BCUT2D eigenvalue weighted by Crippen LogP contribution is -2.41. The predicted octanol–water partition coefficient (Wildman–Crippen LogP) is 0.984. The number of rotatable bonds is 9. The normalized spacial score (nSPS) is 16.8. The maximum absolute atomic E-state index is 11.5. The Morgan fingerprint density at radius 1 is 1.21 bits per heavy atom. The molecule has 1 rings (SSSR count). The predicted molar refractivity (Wildman–Crippen MR) is 75.2 cm³/mol. The minimum atomic E-state index is -0.141. The van der Waals surface area contributed by atoms with Gasteiger partial charge in [-0.05, 0) is 32.9 Å². The number of hydrogen-bond donors (Lipinski definition) is 0. The van der Waals surface area contributed by atoms with Crippen LogP contribution >= 0.6 is 0 Å². The lowest BCUT2D eigenvalue weighted by Gasteiger charge is -2.29. The van der Waals surface area contributed by atoms with Crippen LogP contribution in [0.3, 0.4) is 0 Å². The van der Waals surface area contributed by atoms with Crippen LogP contribution in [0.5, 0.6) is 0 Å². The summed E-state index contributed by atoms with van der Waals surface area (Å²) in [5.74, 6) is -0.141. The second kappa shape index (κ2) is 10.2. The molecule has 1 fully saturated rings. The maximum Gasteiger partial charge on any atom is 0.320 e. The molecule has 1 aliphatic heterocycles. The highest BCUT2D eigenvalue weighted by Crippen LogP contribution is 2.08. The maximum atomic E-state index is 11.5. The molecule has 0 aromatic heterocycles. The van der Waals surface area contributed by atoms with E-state index < -0.39 is 0 Å². The third-order valence-corrected chi connectivity index (χ3v) is 3.45. The molecule has 0 spiro atoms. The summed E-state index contributed by atoms with van der Waals surface area (Å²) in [5.41, 5.74) is 0. The van der Waals surface area contributed by atoms with Gasteiger partial charge in [0.2, 0.25) is 0 Å². The van der Waals surface area contributed by atoms with Crippen LogP contribution in [-0.2, 0) is 14.3 Å². The summed E-state index contributed by atoms with van der Waals surface area (Å²) in [6.45, 7) is 8.40. The van der Waals surface area contributed by atoms with Gasteiger partial charge >= 0.3 is 5.97 Å². The first-order valence-electron chi connectivity index (χ1n) is 7.35. The molecule has 5 heteroatoms. The molecule has 1 aliphatic rings. The van der Waals surface area contributed by atoms with Crippen molar-refractivity contribution in [3.8, 4) is 0 Å². The molecule has 0 radical (unpaired) electrons. The van der Waals surface area contributed by atoms with E-state index in [1.54, 1.807) is 7.11 Å². The van der Waals surface area contributed by atoms with Crippen LogP contribution in [-0.4, -0.2) is 75.4 Å². The van der Waals surface area contributed by atoms with Crippen molar-refractivity contribution in [2.24, 2.45) is 0 Å². The lowest BCUT2D eigenvalue weighted by atomic mass is 10.1. The van der Waals surface area contributed by atoms with E-state index >= 15 is 0 Å². The molecular formula is C14H28N2O3. The molecule has 0 atom stereocenters. The number of carbonyl (C=O) groups is 1. The van der Waals surface area contributed by atoms with E-state index in [4.69, 9.17) is 9.47 Å². The summed E-state index contributed by atoms with van der Waals surface area (Å²) in [6, 6.07) is 0. The molecule has 0 aromatic rings. The molecule has 5 nitrogen and oxygen atoms in total. The zero-order valence-corrected chi connectivity index (χ0v) is 12.4. The Morgan fingerprint density at radius 3 is 2.58 bits per heavy atom. The zero-order valence-electron chi connectivity index (χ0n) is 12.4. The van der Waals surface area contributed by atoms with Crippen LogP contribution in [0.15, 0.2) is 0 Å². The Hall–Kier alpha value is -0.650. The Morgan fingerprint density at radius 2 is 1.95 bits per heavy atom. The number of nitrogens with zero attached hydrogens (tertiary/aromatic N) is 2. The van der Waals surface area contributed by atoms with E-state index in [-0.39, 0.29) is 5.97 Å². The van der Waals surface area contributed by atoms with Gasteiger partial charge in [0.05, 0.1) is 19.8 Å². The number of esters is 1. The first-order chi connectivity index (χ1) is 9.26. The van der Waals surface area contributed by atoms with Gasteiger partial charge in [0.15, 0.2) is 0 Å². The van der Waals surface area contributed by atoms with Crippen molar-refractivity contribution in [3.05, 3.63) is 0 Å². The van der Waals surface area contributed by atoms with Crippen LogP contribution in [0.2, 0.25) is 0 Å². The molecule has 0 N–H and O–H groups in total. The minimum absolute atomic E-state index is 0.141. The van der Waals surface area contributed by atoms with Crippen molar-refractivity contribution in [1.82, 2.24) is 9.80 Å². The molecule has 0 amide bonds. The van der Waals surface area contributed by atoms with E-state index in [0.29, 0.717) is 19.8 Å². The van der Waals surface area contributed by atoms with Gasteiger partial charge in [-0.3, -0.25) is 9.69 Å². The van der Waals surface area contributed by atoms with Crippen molar-refractivity contribution in [2.75, 3.05) is 59.6 Å². The molecule has 0 bridgehead atoms. The van der Waals surface area contributed by atoms with Gasteiger partial charge in [-0.2, -0.15) is 0 Å². The van der Waals surface area contributed by atoms with Crippen molar-refractivity contribution < 1.29 is 14.3 Å². The second-order valence-electron chi connectivity index (χ2n) is 4.98. The summed E-state index contributed by atoms with van der Waals surface area (Å²) in [6.07, 6.45) is 3.96. The number of likely N-dealkylation sites (tertiary alicyclic amines) is 1. The van der Waals surface area contributed by atoms with E-state index in [9.17, 15) is 4.79 Å². The molecule has 0 saturated carbocycles. The fourth-order valence-corrected chi connectivity index (χ4v) is 2.35. The summed E-state index contributed by atoms with van der Waals surface area (Å²) >= 11 is 0. The van der Waals surface area contributed by atoms with Crippen molar-refractivity contribution in [1.29, 1.82) is 0 Å². The van der Waals surface area contributed by atoms with Gasteiger partial charge in [-0.15, -0.1) is 0 Å². The van der Waals surface area contributed by atoms with Gasteiger partial charge in [-0.25, -0.2) is 0 Å². The first kappa shape index (κ1) is 16.4. The van der Waals surface area contributed by atoms with Crippen LogP contribution in [0.25, 0.3) is 0 Å². The van der Waals surface area contributed by atoms with Gasteiger partial charge in [0.25, 0.3) is 0 Å². The SMILES string of the molecule is CCOC(=O)CN(CCOC)CCN1CCCCC1. The molecule has 1 saturated heterocycles. The highest BCUT2D eigenvalue weighted by Gasteiger charge is 2.14. The average Bonchev–Trinajstić information content (AvgIpc) is 2.43. The smallest absolute Gasteiger partial charge is 0.320 e. The summed E-state index contributed by atoms with van der Waals surface area (Å²) < 4.78 is 10.1. The lowest BCUT2D eigenvalue weighted by molar-refractivity contribution is -0.144. The quantitative estimate of drug-likeness (QED) is 0.585. The summed E-state index contributed by atoms with van der Waals surface area (Å²) in [4.78, 5) is 16.2. The first-order valence-corrected chi connectivity index (χ1v) is 7.35. The van der Waals surface area contributed by atoms with E-state index in [0.717, 1.165) is 19.6 Å². The van der Waals surface area contributed by atoms with E-state index in [1.165, 1.54) is 32.4 Å². The standard InChI is InChI=1S/C14H28N2O3/c1-3-19-14(17)13-16(11-12-18-2)10-9-15-7-5-4-6-8-15/h3-13H2,1-2H3. The van der Waals surface area contributed by atoms with Gasteiger partial charge < -0.3 is 14.4 Å². The molecule has 1 heterocycles. The van der Waals surface area contributed by atoms with Gasteiger partial charge in [-0.1, -0.05) is 6.42 Å². The molecular weight excluding hydrogens is 244 g/mol. The third kappa shape index (κ3) is 7.50. The van der Waals surface area contributed by atoms with Crippen LogP contribution in [0.4, 0.5) is 0 Å². The van der Waals surface area contributed by atoms with Gasteiger partial charge in [0.1, 0.15) is 0 Å². The van der Waals surface area contributed by atoms with E-state index in [2.05, 4.69) is 9.80 Å². The number of piperidine rings is 1. The molecule has 112 valence electrons. The molecule has 0 aromatic carbocycles. The van der Waals surface area contributed by atoms with Crippen LogP contribution in [0.1, 0.15) is 26.2 Å². The fraction of sp³-hybridized carbons (Fsp3) is 0.929. The van der Waals surface area contributed by atoms with E-state index in [1.807, 2.05) is 6.92 Å². The number of hydrogen-bond acceptors (Lipinski definition) is 5. The number of carbonyl (C=O) groups excluding carboxylic acids is 1. The van der Waals surface area contributed by atoms with Crippen molar-refractivity contribution >= 4 is 5.97 Å². The van der Waals surface area contributed by atoms with Crippen LogP contribution < -0.4 is 0 Å². The fourth-order valence-electron chi connectivity index (χ4n) is 2.35. The van der Waals surface area contributed by atoms with Crippen molar-refractivity contribution in [2.45, 2.75) is 26.2 Å². The number of ether oxygens (including phenoxy) is 2. The monoisotopic (exact) mass is 272 g/mol. The zero-order chi connectivity index (χ0) is 13.9. The highest BCUT2D eigenvalue weighted by atomic mass is 16.5. The highest BCUT2D eigenvalue weighted by molar-refractivity contribution is 5.71. The summed E-state index contributed by atoms with van der Waals surface area (Å²) in [5, 5.41) is 0.